The number of benzene rings is 2. The second kappa shape index (κ2) is 7.37. The van der Waals surface area contributed by atoms with Crippen LogP contribution in [-0.4, -0.2) is 15.4 Å². The lowest BCUT2D eigenvalue weighted by atomic mass is 10.1. The van der Waals surface area contributed by atoms with Crippen LogP contribution in [0.3, 0.4) is 0 Å². The molecule has 0 aliphatic heterocycles. The Kier molecular flexibility index (Phi) is 5.10. The third kappa shape index (κ3) is 4.25. The molecular weight excluding hydrogens is 402 g/mol. The van der Waals surface area contributed by atoms with E-state index in [2.05, 4.69) is 5.32 Å². The zero-order valence-electron chi connectivity index (χ0n) is 14.3. The SMILES string of the molecule is O=C(Cn1c(=O)oc2cc([N+](=O)[O-])ccc21)NCc1ccc(F)cc1C(F)(F)F. The van der Waals surface area contributed by atoms with Gasteiger partial charge >= 0.3 is 11.9 Å². The van der Waals surface area contributed by atoms with Gasteiger partial charge < -0.3 is 9.73 Å². The van der Waals surface area contributed by atoms with Crippen LogP contribution in [0.4, 0.5) is 23.2 Å². The van der Waals surface area contributed by atoms with Gasteiger partial charge in [-0.3, -0.25) is 19.5 Å². The Labute approximate surface area is 158 Å². The van der Waals surface area contributed by atoms with E-state index in [1.54, 1.807) is 0 Å². The Hall–Kier alpha value is -3.70. The van der Waals surface area contributed by atoms with Crippen LogP contribution in [0.15, 0.2) is 45.6 Å². The van der Waals surface area contributed by atoms with Crippen LogP contribution in [0.25, 0.3) is 11.1 Å². The lowest BCUT2D eigenvalue weighted by Gasteiger charge is -2.13. The maximum absolute atomic E-state index is 13.1. The summed E-state index contributed by atoms with van der Waals surface area (Å²) in [6.07, 6.45) is -4.81. The zero-order valence-corrected chi connectivity index (χ0v) is 14.3. The molecule has 0 saturated heterocycles. The predicted molar refractivity (Wildman–Crippen MR) is 90.4 cm³/mol. The minimum Gasteiger partial charge on any atom is -0.407 e. The van der Waals surface area contributed by atoms with Gasteiger partial charge in [-0.2, -0.15) is 13.2 Å². The monoisotopic (exact) mass is 413 g/mol. The second-order valence-electron chi connectivity index (χ2n) is 5.94. The fourth-order valence-corrected chi connectivity index (χ4v) is 2.68. The molecule has 8 nitrogen and oxygen atoms in total. The predicted octanol–water partition coefficient (Wildman–Crippen LogP) is 2.98. The number of nitro benzene ring substituents is 1. The molecule has 0 saturated carbocycles. The quantitative estimate of drug-likeness (QED) is 0.393. The first-order chi connectivity index (χ1) is 13.6. The number of alkyl halides is 3. The molecule has 0 aliphatic rings. The highest BCUT2D eigenvalue weighted by Gasteiger charge is 2.33. The topological polar surface area (TPSA) is 107 Å². The van der Waals surface area contributed by atoms with Gasteiger partial charge in [-0.1, -0.05) is 6.07 Å². The van der Waals surface area contributed by atoms with Gasteiger partial charge in [-0.25, -0.2) is 9.18 Å². The number of hydrogen-bond donors (Lipinski definition) is 1. The minimum atomic E-state index is -4.81. The number of fused-ring (bicyclic) bond motifs is 1. The molecule has 1 amide bonds. The summed E-state index contributed by atoms with van der Waals surface area (Å²) in [4.78, 5) is 34.1. The van der Waals surface area contributed by atoms with Crippen molar-refractivity contribution < 1.29 is 31.7 Å². The van der Waals surface area contributed by atoms with Crippen LogP contribution in [0, 0.1) is 15.9 Å². The van der Waals surface area contributed by atoms with Crippen LogP contribution in [0.1, 0.15) is 11.1 Å². The van der Waals surface area contributed by atoms with Crippen LogP contribution < -0.4 is 11.1 Å². The summed E-state index contributed by atoms with van der Waals surface area (Å²) in [5, 5.41) is 13.0. The van der Waals surface area contributed by atoms with E-state index in [0.29, 0.717) is 6.07 Å². The number of nitro groups is 1. The lowest BCUT2D eigenvalue weighted by molar-refractivity contribution is -0.384. The van der Waals surface area contributed by atoms with E-state index in [1.807, 2.05) is 0 Å². The standard InChI is InChI=1S/C17H11F4N3O5/c18-10-2-1-9(12(5-10)17(19,20)21)7-22-15(25)8-23-13-4-3-11(24(27)28)6-14(13)29-16(23)26/h1-6H,7-8H2,(H,22,25). The molecule has 1 aromatic heterocycles. The molecule has 1 heterocycles. The van der Waals surface area contributed by atoms with Crippen molar-refractivity contribution in [1.29, 1.82) is 0 Å². The van der Waals surface area contributed by atoms with Gasteiger partial charge in [0.1, 0.15) is 12.4 Å². The Morgan fingerprint density at radius 3 is 2.59 bits per heavy atom. The maximum Gasteiger partial charge on any atom is 0.420 e. The van der Waals surface area contributed by atoms with E-state index in [4.69, 9.17) is 4.42 Å². The highest BCUT2D eigenvalue weighted by Crippen LogP contribution is 2.32. The lowest BCUT2D eigenvalue weighted by Crippen LogP contribution is -2.31. The number of rotatable bonds is 5. The van der Waals surface area contributed by atoms with Crippen molar-refractivity contribution in [2.45, 2.75) is 19.3 Å². The van der Waals surface area contributed by atoms with Gasteiger partial charge in [0.2, 0.25) is 5.91 Å². The number of amides is 1. The fourth-order valence-electron chi connectivity index (χ4n) is 2.68. The molecule has 152 valence electrons. The summed E-state index contributed by atoms with van der Waals surface area (Å²) >= 11 is 0. The number of hydrogen-bond acceptors (Lipinski definition) is 5. The van der Waals surface area contributed by atoms with E-state index >= 15 is 0 Å². The normalized spacial score (nSPS) is 11.6. The van der Waals surface area contributed by atoms with Gasteiger partial charge in [-0.15, -0.1) is 0 Å². The Balaban J connectivity index is 1.78. The number of carbonyl (C=O) groups excluding carboxylic acids is 1. The second-order valence-corrected chi connectivity index (χ2v) is 5.94. The smallest absolute Gasteiger partial charge is 0.407 e. The Morgan fingerprint density at radius 2 is 1.93 bits per heavy atom. The van der Waals surface area contributed by atoms with Gasteiger partial charge in [-0.05, 0) is 23.8 Å². The molecule has 1 N–H and O–H groups in total. The average Bonchev–Trinajstić information content (AvgIpc) is 2.94. The summed E-state index contributed by atoms with van der Waals surface area (Å²) in [6.45, 7) is -1.14. The number of nitrogens with zero attached hydrogens (tertiary/aromatic N) is 2. The van der Waals surface area contributed by atoms with Gasteiger partial charge in [0.25, 0.3) is 5.69 Å². The third-order valence-corrected chi connectivity index (χ3v) is 4.02. The molecule has 0 fully saturated rings. The molecule has 0 unspecified atom stereocenters. The highest BCUT2D eigenvalue weighted by molar-refractivity contribution is 5.80. The molecule has 2 aromatic carbocycles. The van der Waals surface area contributed by atoms with Crippen molar-refractivity contribution in [3.05, 3.63) is 74.0 Å². The van der Waals surface area contributed by atoms with Gasteiger partial charge in [0, 0.05) is 12.6 Å². The summed E-state index contributed by atoms with van der Waals surface area (Å²) in [5.41, 5.74) is -1.91. The molecule has 3 aromatic rings. The number of nitrogens with one attached hydrogen (secondary N) is 1. The van der Waals surface area contributed by atoms with Gasteiger partial charge in [0.15, 0.2) is 5.58 Å². The number of halogens is 4. The summed E-state index contributed by atoms with van der Waals surface area (Å²) in [6, 6.07) is 5.39. The van der Waals surface area contributed by atoms with Crippen LogP contribution >= 0.6 is 0 Å². The van der Waals surface area contributed by atoms with Crippen molar-refractivity contribution in [1.82, 2.24) is 9.88 Å². The van der Waals surface area contributed by atoms with Crippen molar-refractivity contribution in [2.75, 3.05) is 0 Å². The van der Waals surface area contributed by atoms with Crippen molar-refractivity contribution in [3.8, 4) is 0 Å². The first-order valence-corrected chi connectivity index (χ1v) is 7.96. The van der Waals surface area contributed by atoms with Crippen LogP contribution in [-0.2, 0) is 24.1 Å². The van der Waals surface area contributed by atoms with E-state index in [0.717, 1.165) is 28.8 Å². The van der Waals surface area contributed by atoms with E-state index in [-0.39, 0.29) is 22.4 Å². The van der Waals surface area contributed by atoms with Crippen LogP contribution in [0.2, 0.25) is 0 Å². The summed E-state index contributed by atoms with van der Waals surface area (Å²) in [7, 11) is 0. The number of carbonyl (C=O) groups is 1. The van der Waals surface area contributed by atoms with E-state index in [1.165, 1.54) is 6.07 Å². The molecule has 3 rings (SSSR count). The largest absolute Gasteiger partial charge is 0.420 e. The third-order valence-electron chi connectivity index (χ3n) is 4.02. The van der Waals surface area contributed by atoms with Crippen molar-refractivity contribution in [3.63, 3.8) is 0 Å². The molecular formula is C17H11F4N3O5. The summed E-state index contributed by atoms with van der Waals surface area (Å²) < 4.78 is 57.8. The first-order valence-electron chi connectivity index (χ1n) is 7.96. The molecule has 0 spiro atoms. The highest BCUT2D eigenvalue weighted by atomic mass is 19.4. The molecule has 0 atom stereocenters. The fraction of sp³-hybridized carbons (Fsp3) is 0.176. The average molecular weight is 413 g/mol. The maximum atomic E-state index is 13.1. The molecule has 12 heteroatoms. The van der Waals surface area contributed by atoms with Crippen LogP contribution in [0.5, 0.6) is 0 Å². The first kappa shape index (κ1) is 20.0. The molecule has 29 heavy (non-hydrogen) atoms. The van der Waals surface area contributed by atoms with Crippen molar-refractivity contribution in [2.24, 2.45) is 0 Å². The number of aromatic nitrogens is 1. The van der Waals surface area contributed by atoms with Gasteiger partial charge in [0.05, 0.1) is 22.1 Å². The molecule has 0 bridgehead atoms. The number of non-ortho nitro benzene ring substituents is 1. The van der Waals surface area contributed by atoms with Crippen molar-refractivity contribution >= 4 is 22.7 Å². The van der Waals surface area contributed by atoms with E-state index < -0.39 is 47.2 Å². The number of oxazole rings is 1. The zero-order chi connectivity index (χ0) is 21.3. The Bertz CT molecular complexity index is 1170. The van der Waals surface area contributed by atoms with E-state index in [9.17, 15) is 37.3 Å². The molecule has 0 radical (unpaired) electrons. The minimum absolute atomic E-state index is 0.105. The summed E-state index contributed by atoms with van der Waals surface area (Å²) in [5.74, 6) is -2.85. The molecule has 0 aliphatic carbocycles. The Morgan fingerprint density at radius 1 is 1.21 bits per heavy atom.